The number of benzene rings is 4. The van der Waals surface area contributed by atoms with Crippen LogP contribution in [0.2, 0.25) is 0 Å². The normalized spacial score (nSPS) is 11.8. The number of fused-ring (bicyclic) bond motifs is 1. The van der Waals surface area contributed by atoms with Crippen molar-refractivity contribution in [2.75, 3.05) is 28.1 Å². The van der Waals surface area contributed by atoms with E-state index in [-0.39, 0.29) is 18.3 Å². The van der Waals surface area contributed by atoms with Crippen molar-refractivity contribution < 1.29 is 33.5 Å². The van der Waals surface area contributed by atoms with Gasteiger partial charge in [0.1, 0.15) is 5.75 Å². The van der Waals surface area contributed by atoms with E-state index in [0.717, 1.165) is 53.2 Å². The number of hydrogen-bond donors (Lipinski definition) is 1. The molecule has 0 aliphatic carbocycles. The van der Waals surface area contributed by atoms with Crippen LogP contribution in [-0.2, 0) is 25.7 Å². The average molecular weight is 529 g/mol. The fraction of sp³-hybridized carbons (Fsp3) is 0.250. The summed E-state index contributed by atoms with van der Waals surface area (Å²) < 4.78 is 33.6. The molecule has 202 valence electrons. The van der Waals surface area contributed by atoms with Gasteiger partial charge in [-0.3, -0.25) is 0 Å². The Bertz CT molecular complexity index is 1450. The maximum atomic E-state index is 10.7. The molecule has 0 saturated carbocycles. The Hall–Kier alpha value is -4.52. The highest BCUT2D eigenvalue weighted by atomic mass is 16.7. The van der Waals surface area contributed by atoms with Crippen LogP contribution in [0.25, 0.3) is 0 Å². The number of hydrogen-bond acceptors (Lipinski definition) is 7. The molecule has 0 aromatic heterocycles. The zero-order chi connectivity index (χ0) is 27.2. The number of methoxy groups -OCH3 is 3. The summed E-state index contributed by atoms with van der Waals surface area (Å²) in [5.74, 6) is 4.20. The first-order valence-corrected chi connectivity index (χ1v) is 12.8. The lowest BCUT2D eigenvalue weighted by atomic mass is 10.0. The molecular formula is C32H32O7. The van der Waals surface area contributed by atoms with Gasteiger partial charge in [0.15, 0.2) is 34.5 Å². The zero-order valence-corrected chi connectivity index (χ0v) is 22.4. The van der Waals surface area contributed by atoms with Crippen LogP contribution in [0.15, 0.2) is 72.8 Å². The average Bonchev–Trinajstić information content (AvgIpc) is 3.43. The van der Waals surface area contributed by atoms with E-state index in [4.69, 9.17) is 28.4 Å². The van der Waals surface area contributed by atoms with Crippen molar-refractivity contribution in [1.82, 2.24) is 0 Å². The van der Waals surface area contributed by atoms with Gasteiger partial charge in [-0.25, -0.2) is 0 Å². The smallest absolute Gasteiger partial charge is 0.231 e. The van der Waals surface area contributed by atoms with E-state index < -0.39 is 0 Å². The summed E-state index contributed by atoms with van der Waals surface area (Å²) >= 11 is 0. The van der Waals surface area contributed by atoms with Crippen molar-refractivity contribution in [1.29, 1.82) is 0 Å². The molecular weight excluding hydrogens is 496 g/mol. The van der Waals surface area contributed by atoms with Crippen LogP contribution in [0.5, 0.6) is 46.0 Å². The summed E-state index contributed by atoms with van der Waals surface area (Å²) in [4.78, 5) is 0. The Morgan fingerprint density at radius 1 is 0.615 bits per heavy atom. The van der Waals surface area contributed by atoms with E-state index in [2.05, 4.69) is 6.07 Å². The predicted octanol–water partition coefficient (Wildman–Crippen LogP) is 6.51. The molecule has 0 amide bonds. The highest BCUT2D eigenvalue weighted by molar-refractivity contribution is 5.56. The van der Waals surface area contributed by atoms with Crippen LogP contribution in [0.1, 0.15) is 22.3 Å². The van der Waals surface area contributed by atoms with Crippen LogP contribution in [0, 0.1) is 0 Å². The first-order valence-electron chi connectivity index (χ1n) is 12.8. The molecule has 4 aromatic rings. The molecule has 0 spiro atoms. The maximum absolute atomic E-state index is 10.7. The topological polar surface area (TPSA) is 75.6 Å². The van der Waals surface area contributed by atoms with Crippen molar-refractivity contribution in [2.24, 2.45) is 0 Å². The van der Waals surface area contributed by atoms with Crippen LogP contribution in [-0.4, -0.2) is 33.2 Å². The fourth-order valence-corrected chi connectivity index (χ4v) is 4.64. The van der Waals surface area contributed by atoms with Gasteiger partial charge in [-0.2, -0.15) is 0 Å². The van der Waals surface area contributed by atoms with Crippen molar-refractivity contribution in [3.05, 3.63) is 95.1 Å². The highest BCUT2D eigenvalue weighted by Gasteiger charge is 2.17. The van der Waals surface area contributed by atoms with E-state index in [0.29, 0.717) is 23.7 Å². The predicted molar refractivity (Wildman–Crippen MR) is 148 cm³/mol. The molecule has 0 unspecified atom stereocenters. The molecule has 1 N–H and O–H groups in total. The van der Waals surface area contributed by atoms with E-state index in [1.807, 2.05) is 60.7 Å². The van der Waals surface area contributed by atoms with Gasteiger partial charge < -0.3 is 33.5 Å². The van der Waals surface area contributed by atoms with Crippen LogP contribution < -0.4 is 28.4 Å². The second kappa shape index (κ2) is 11.9. The van der Waals surface area contributed by atoms with E-state index in [9.17, 15) is 5.11 Å². The molecule has 7 heteroatoms. The van der Waals surface area contributed by atoms with Gasteiger partial charge in [-0.1, -0.05) is 24.3 Å². The lowest BCUT2D eigenvalue weighted by Crippen LogP contribution is -1.98. The van der Waals surface area contributed by atoms with Gasteiger partial charge in [0, 0.05) is 0 Å². The van der Waals surface area contributed by atoms with Crippen molar-refractivity contribution >= 4 is 0 Å². The zero-order valence-electron chi connectivity index (χ0n) is 22.4. The lowest BCUT2D eigenvalue weighted by Gasteiger charge is -2.16. The maximum Gasteiger partial charge on any atom is 0.231 e. The molecule has 1 heterocycles. The minimum atomic E-state index is 0.0174. The Morgan fingerprint density at radius 3 is 2.08 bits per heavy atom. The summed E-state index contributed by atoms with van der Waals surface area (Å²) in [5.41, 5.74) is 4.31. The minimum Gasteiger partial charge on any atom is -0.504 e. The summed E-state index contributed by atoms with van der Waals surface area (Å²) in [6.45, 7) is 0.248. The van der Waals surface area contributed by atoms with Crippen LogP contribution >= 0.6 is 0 Å². The quantitative estimate of drug-likeness (QED) is 0.238. The third-order valence-corrected chi connectivity index (χ3v) is 6.72. The minimum absolute atomic E-state index is 0.0174. The molecule has 1 aliphatic heterocycles. The van der Waals surface area contributed by atoms with Gasteiger partial charge in [0.2, 0.25) is 12.5 Å². The van der Waals surface area contributed by atoms with Crippen LogP contribution in [0.3, 0.4) is 0 Å². The molecule has 0 atom stereocenters. The van der Waals surface area contributed by atoms with E-state index >= 15 is 0 Å². The SMILES string of the molecule is COc1cccc(CCc2ccc(OC)c(Oc3cc(CCc4ccc5c(c4)OCO5)cc(O)c3OC)c2)c1. The third kappa shape index (κ3) is 6.14. The summed E-state index contributed by atoms with van der Waals surface area (Å²) in [7, 11) is 4.79. The highest BCUT2D eigenvalue weighted by Crippen LogP contribution is 2.43. The van der Waals surface area contributed by atoms with Crippen molar-refractivity contribution in [3.8, 4) is 46.0 Å². The number of aromatic hydroxyl groups is 1. The number of phenols is 1. The molecule has 1 aliphatic rings. The molecule has 0 fully saturated rings. The largest absolute Gasteiger partial charge is 0.504 e. The van der Waals surface area contributed by atoms with Gasteiger partial charge in [0.25, 0.3) is 0 Å². The molecule has 0 radical (unpaired) electrons. The van der Waals surface area contributed by atoms with Gasteiger partial charge in [0.05, 0.1) is 21.3 Å². The van der Waals surface area contributed by atoms with E-state index in [1.54, 1.807) is 20.3 Å². The van der Waals surface area contributed by atoms with Crippen LogP contribution in [0.4, 0.5) is 0 Å². The fourth-order valence-electron chi connectivity index (χ4n) is 4.64. The molecule has 0 saturated heterocycles. The van der Waals surface area contributed by atoms with E-state index in [1.165, 1.54) is 12.7 Å². The molecule has 5 rings (SSSR count). The second-order valence-corrected chi connectivity index (χ2v) is 9.27. The summed E-state index contributed by atoms with van der Waals surface area (Å²) in [6, 6.07) is 23.5. The van der Waals surface area contributed by atoms with Crippen molar-refractivity contribution in [2.45, 2.75) is 25.7 Å². The standard InChI is InChI=1S/C32H32O7/c1-34-25-6-4-5-21(15-25)7-8-23-11-13-27(35-2)30(18-23)39-31-19-24(16-26(33)32(31)36-3)10-9-22-12-14-28-29(17-22)38-20-37-28/h4-6,11-19,33H,7-10,20H2,1-3H3. The van der Waals surface area contributed by atoms with Crippen molar-refractivity contribution in [3.63, 3.8) is 0 Å². The van der Waals surface area contributed by atoms with Gasteiger partial charge in [-0.05, 0) is 96.5 Å². The number of rotatable bonds is 11. The number of phenolic OH excluding ortho intramolecular Hbond substituents is 1. The first-order chi connectivity index (χ1) is 19.1. The number of aryl methyl sites for hydroxylation is 4. The van der Waals surface area contributed by atoms with Gasteiger partial charge >= 0.3 is 0 Å². The Balaban J connectivity index is 1.34. The monoisotopic (exact) mass is 528 g/mol. The first kappa shape index (κ1) is 26.1. The Labute approximate surface area is 228 Å². The Morgan fingerprint density at radius 2 is 1.31 bits per heavy atom. The number of ether oxygens (including phenoxy) is 6. The molecule has 4 aromatic carbocycles. The molecule has 39 heavy (non-hydrogen) atoms. The summed E-state index contributed by atoms with van der Waals surface area (Å²) in [6.07, 6.45) is 3.10. The second-order valence-electron chi connectivity index (χ2n) is 9.27. The third-order valence-electron chi connectivity index (χ3n) is 6.72. The lowest BCUT2D eigenvalue weighted by molar-refractivity contribution is 0.174. The molecule has 7 nitrogen and oxygen atoms in total. The molecule has 0 bridgehead atoms. The Kier molecular flexibility index (Phi) is 7.96. The summed E-state index contributed by atoms with van der Waals surface area (Å²) in [5, 5.41) is 10.7. The van der Waals surface area contributed by atoms with Gasteiger partial charge in [-0.15, -0.1) is 0 Å².